The Kier molecular flexibility index (Phi) is 7.50. The van der Waals surface area contributed by atoms with Crippen LogP contribution in [0.2, 0.25) is 0 Å². The first-order valence-electron chi connectivity index (χ1n) is 5.76. The summed E-state index contributed by atoms with van der Waals surface area (Å²) in [5.74, 6) is -1.69. The highest BCUT2D eigenvalue weighted by Crippen LogP contribution is 2.07. The van der Waals surface area contributed by atoms with Gasteiger partial charge in [0.15, 0.2) is 0 Å². The molecule has 0 rings (SSSR count). The van der Waals surface area contributed by atoms with E-state index < -0.39 is 24.0 Å². The largest absolute Gasteiger partial charge is 0.480 e. The summed E-state index contributed by atoms with van der Waals surface area (Å²) in [5, 5.41) is 13.7. The van der Waals surface area contributed by atoms with Crippen molar-refractivity contribution in [2.75, 3.05) is 13.7 Å². The molecule has 7 nitrogen and oxygen atoms in total. The van der Waals surface area contributed by atoms with Crippen LogP contribution in [-0.2, 0) is 14.3 Å². The second-order valence-corrected chi connectivity index (χ2v) is 3.93. The lowest BCUT2D eigenvalue weighted by Gasteiger charge is -2.20. The maximum Gasteiger partial charge on any atom is 0.326 e. The Morgan fingerprint density at radius 1 is 1.33 bits per heavy atom. The van der Waals surface area contributed by atoms with Gasteiger partial charge in [-0.1, -0.05) is 20.3 Å². The lowest BCUT2D eigenvalue weighted by atomic mass is 9.99. The van der Waals surface area contributed by atoms with Crippen LogP contribution >= 0.6 is 0 Å². The van der Waals surface area contributed by atoms with E-state index in [1.165, 1.54) is 7.11 Å². The van der Waals surface area contributed by atoms with Crippen LogP contribution in [0.4, 0.5) is 4.79 Å². The monoisotopic (exact) mass is 260 g/mol. The number of hydrogen-bond donors (Lipinski definition) is 3. The van der Waals surface area contributed by atoms with Crippen LogP contribution in [0.25, 0.3) is 0 Å². The normalized spacial score (nSPS) is 13.3. The Balaban J connectivity index is 4.11. The van der Waals surface area contributed by atoms with Gasteiger partial charge in [-0.15, -0.1) is 0 Å². The minimum absolute atomic E-state index is 0.0466. The predicted molar refractivity (Wildman–Crippen MR) is 64.0 cm³/mol. The average molecular weight is 260 g/mol. The molecule has 2 amide bonds. The minimum Gasteiger partial charge on any atom is -0.480 e. The van der Waals surface area contributed by atoms with Crippen LogP contribution < -0.4 is 10.6 Å². The van der Waals surface area contributed by atoms with Crippen molar-refractivity contribution in [3.05, 3.63) is 0 Å². The van der Waals surface area contributed by atoms with Crippen molar-refractivity contribution in [3.8, 4) is 0 Å². The fraction of sp³-hybridized carbons (Fsp3) is 0.727. The quantitative estimate of drug-likeness (QED) is 0.573. The Morgan fingerprint density at radius 3 is 2.39 bits per heavy atom. The third-order valence-electron chi connectivity index (χ3n) is 2.61. The third kappa shape index (κ3) is 6.07. The van der Waals surface area contributed by atoms with Crippen molar-refractivity contribution in [1.29, 1.82) is 0 Å². The van der Waals surface area contributed by atoms with Gasteiger partial charge in [-0.25, -0.2) is 9.59 Å². The molecule has 0 aliphatic carbocycles. The number of esters is 1. The number of amides is 2. The van der Waals surface area contributed by atoms with Gasteiger partial charge in [-0.05, 0) is 5.92 Å². The smallest absolute Gasteiger partial charge is 0.326 e. The lowest BCUT2D eigenvalue weighted by molar-refractivity contribution is -0.141. The van der Waals surface area contributed by atoms with Gasteiger partial charge in [0, 0.05) is 6.54 Å². The number of ether oxygens (including phenoxy) is 1. The number of hydrogen-bond acceptors (Lipinski definition) is 4. The summed E-state index contributed by atoms with van der Waals surface area (Å²) in [6.07, 6.45) is 0.685. The van der Waals surface area contributed by atoms with Crippen molar-refractivity contribution in [2.45, 2.75) is 32.7 Å². The molecule has 0 fully saturated rings. The number of carboxylic acids is 1. The average Bonchev–Trinajstić information content (AvgIpc) is 2.34. The van der Waals surface area contributed by atoms with Crippen LogP contribution in [-0.4, -0.2) is 42.8 Å². The summed E-state index contributed by atoms with van der Waals surface area (Å²) in [5.41, 5.74) is 0. The Bertz CT molecular complexity index is 306. The molecule has 0 spiro atoms. The van der Waals surface area contributed by atoms with E-state index in [4.69, 9.17) is 5.11 Å². The number of rotatable bonds is 7. The predicted octanol–water partition coefficient (Wildman–Crippen LogP) is 0.348. The molecule has 0 saturated heterocycles. The minimum atomic E-state index is -1.08. The van der Waals surface area contributed by atoms with E-state index in [9.17, 15) is 14.4 Å². The number of carbonyl (C=O) groups excluding carboxylic acids is 2. The van der Waals surface area contributed by atoms with Crippen LogP contribution in [0.5, 0.6) is 0 Å². The Labute approximate surface area is 106 Å². The zero-order chi connectivity index (χ0) is 14.1. The molecular formula is C11H20N2O5. The first kappa shape index (κ1) is 16.2. The van der Waals surface area contributed by atoms with E-state index in [2.05, 4.69) is 15.4 Å². The summed E-state index contributed by atoms with van der Waals surface area (Å²) in [6, 6.07) is -1.54. The van der Waals surface area contributed by atoms with Gasteiger partial charge in [0.25, 0.3) is 0 Å². The van der Waals surface area contributed by atoms with Crippen molar-refractivity contribution in [3.63, 3.8) is 0 Å². The number of nitrogens with one attached hydrogen (secondary N) is 2. The van der Waals surface area contributed by atoms with Crippen LogP contribution in [0.3, 0.4) is 0 Å². The van der Waals surface area contributed by atoms with Gasteiger partial charge in [0.05, 0.1) is 13.5 Å². The van der Waals surface area contributed by atoms with Crippen molar-refractivity contribution >= 4 is 18.0 Å². The molecule has 0 aliphatic heterocycles. The van der Waals surface area contributed by atoms with Crippen molar-refractivity contribution < 1.29 is 24.2 Å². The summed E-state index contributed by atoms with van der Waals surface area (Å²) in [6.45, 7) is 3.69. The zero-order valence-electron chi connectivity index (χ0n) is 10.9. The fourth-order valence-corrected chi connectivity index (χ4v) is 1.26. The molecule has 104 valence electrons. The number of aliphatic carboxylic acids is 1. The fourth-order valence-electron chi connectivity index (χ4n) is 1.26. The van der Waals surface area contributed by atoms with E-state index in [0.717, 1.165) is 0 Å². The van der Waals surface area contributed by atoms with Crippen LogP contribution in [0, 0.1) is 5.92 Å². The molecule has 3 N–H and O–H groups in total. The summed E-state index contributed by atoms with van der Waals surface area (Å²) in [7, 11) is 1.26. The molecule has 0 bridgehead atoms. The molecule has 0 aromatic carbocycles. The topological polar surface area (TPSA) is 105 Å². The molecule has 18 heavy (non-hydrogen) atoms. The summed E-state index contributed by atoms with van der Waals surface area (Å²) < 4.78 is 4.40. The molecule has 0 aliphatic rings. The summed E-state index contributed by atoms with van der Waals surface area (Å²) >= 11 is 0. The molecule has 2 atom stereocenters. The highest BCUT2D eigenvalue weighted by atomic mass is 16.5. The highest BCUT2D eigenvalue weighted by molar-refractivity contribution is 5.83. The van der Waals surface area contributed by atoms with Crippen molar-refractivity contribution in [2.24, 2.45) is 5.92 Å². The summed E-state index contributed by atoms with van der Waals surface area (Å²) in [4.78, 5) is 33.1. The first-order chi connectivity index (χ1) is 8.42. The maximum absolute atomic E-state index is 11.4. The van der Waals surface area contributed by atoms with Crippen molar-refractivity contribution in [1.82, 2.24) is 10.6 Å². The van der Waals surface area contributed by atoms with Crippen LogP contribution in [0.15, 0.2) is 0 Å². The molecule has 0 heterocycles. The van der Waals surface area contributed by atoms with Gasteiger partial charge in [0.1, 0.15) is 6.04 Å². The first-order valence-corrected chi connectivity index (χ1v) is 5.76. The zero-order valence-corrected chi connectivity index (χ0v) is 10.9. The molecule has 7 heteroatoms. The SMILES string of the molecule is CCC(C)C(NC(=O)NCCC(=O)OC)C(=O)O. The van der Waals surface area contributed by atoms with Gasteiger partial charge in [0.2, 0.25) is 0 Å². The Morgan fingerprint density at radius 2 is 1.94 bits per heavy atom. The standard InChI is InChI=1S/C11H20N2O5/c1-4-7(2)9(10(15)16)13-11(17)12-6-5-8(14)18-3/h7,9H,4-6H2,1-3H3,(H,15,16)(H2,12,13,17). The maximum atomic E-state index is 11.4. The highest BCUT2D eigenvalue weighted by Gasteiger charge is 2.25. The lowest BCUT2D eigenvalue weighted by Crippen LogP contribution is -2.49. The number of urea groups is 1. The number of carbonyl (C=O) groups is 3. The molecule has 0 radical (unpaired) electrons. The van der Waals surface area contributed by atoms with Gasteiger partial charge in [-0.3, -0.25) is 4.79 Å². The molecule has 0 aromatic heterocycles. The molecule has 2 unspecified atom stereocenters. The van der Waals surface area contributed by atoms with E-state index in [0.29, 0.717) is 6.42 Å². The third-order valence-corrected chi connectivity index (χ3v) is 2.61. The van der Waals surface area contributed by atoms with E-state index in [1.54, 1.807) is 6.92 Å². The molecular weight excluding hydrogens is 240 g/mol. The van der Waals surface area contributed by atoms with Crippen LogP contribution in [0.1, 0.15) is 26.7 Å². The van der Waals surface area contributed by atoms with E-state index in [1.807, 2.05) is 6.92 Å². The number of methoxy groups -OCH3 is 1. The molecule has 0 saturated carbocycles. The van der Waals surface area contributed by atoms with E-state index in [-0.39, 0.29) is 18.9 Å². The Hall–Kier alpha value is -1.79. The van der Waals surface area contributed by atoms with E-state index >= 15 is 0 Å². The second-order valence-electron chi connectivity index (χ2n) is 3.93. The molecule has 0 aromatic rings. The number of carboxylic acid groups (broad SMARTS) is 1. The second kappa shape index (κ2) is 8.32. The van der Waals surface area contributed by atoms with Gasteiger partial charge < -0.3 is 20.5 Å². The van der Waals surface area contributed by atoms with Gasteiger partial charge >= 0.3 is 18.0 Å². The van der Waals surface area contributed by atoms with Gasteiger partial charge in [-0.2, -0.15) is 0 Å².